The fraction of sp³-hybridized carbons (Fsp3) is 0.818. The topological polar surface area (TPSA) is 77.1 Å². The fourth-order valence-corrected chi connectivity index (χ4v) is 1.06. The van der Waals surface area contributed by atoms with Gasteiger partial charge in [0, 0.05) is 27.8 Å². The number of ether oxygens (including phenoxy) is 3. The van der Waals surface area contributed by atoms with E-state index < -0.39 is 0 Å². The van der Waals surface area contributed by atoms with Gasteiger partial charge < -0.3 is 24.4 Å². The molecule has 0 radical (unpaired) electrons. The molecule has 0 aromatic heterocycles. The van der Waals surface area contributed by atoms with Crippen LogP contribution in [-0.2, 0) is 23.8 Å². The van der Waals surface area contributed by atoms with Crippen LogP contribution in [0, 0.1) is 0 Å². The Morgan fingerprint density at radius 3 is 2.39 bits per heavy atom. The first-order valence-corrected chi connectivity index (χ1v) is 5.68. The van der Waals surface area contributed by atoms with Crippen molar-refractivity contribution in [2.45, 2.75) is 0 Å². The number of methoxy groups -OCH3 is 2. The van der Waals surface area contributed by atoms with Crippen molar-refractivity contribution in [1.29, 1.82) is 0 Å². The molecule has 0 aromatic rings. The highest BCUT2D eigenvalue weighted by Crippen LogP contribution is 1.87. The lowest BCUT2D eigenvalue weighted by Crippen LogP contribution is -2.40. The van der Waals surface area contributed by atoms with Gasteiger partial charge in [-0.05, 0) is 0 Å². The molecule has 0 aliphatic rings. The van der Waals surface area contributed by atoms with E-state index in [9.17, 15) is 9.59 Å². The number of hydrogen-bond acceptors (Lipinski definition) is 5. The Hall–Kier alpha value is -1.18. The number of hydrogen-bond donors (Lipinski definition) is 1. The first-order chi connectivity index (χ1) is 8.61. The van der Waals surface area contributed by atoms with Crippen LogP contribution in [0.4, 0.5) is 0 Å². The Morgan fingerprint density at radius 2 is 1.78 bits per heavy atom. The normalized spacial score (nSPS) is 10.2. The Labute approximate surface area is 107 Å². The van der Waals surface area contributed by atoms with E-state index in [1.807, 2.05) is 0 Å². The van der Waals surface area contributed by atoms with Gasteiger partial charge in [-0.15, -0.1) is 0 Å². The molecule has 106 valence electrons. The molecule has 0 rings (SSSR count). The number of nitrogens with zero attached hydrogens (tertiary/aromatic N) is 1. The molecule has 0 spiro atoms. The van der Waals surface area contributed by atoms with Crippen LogP contribution >= 0.6 is 0 Å². The summed E-state index contributed by atoms with van der Waals surface area (Å²) in [5.74, 6) is -0.465. The zero-order valence-corrected chi connectivity index (χ0v) is 11.2. The maximum absolute atomic E-state index is 11.5. The molecule has 0 saturated heterocycles. The zero-order valence-electron chi connectivity index (χ0n) is 11.2. The van der Waals surface area contributed by atoms with Gasteiger partial charge in [-0.3, -0.25) is 9.59 Å². The smallest absolute Gasteiger partial charge is 0.248 e. The Balaban J connectivity index is 3.68. The third-order valence-electron chi connectivity index (χ3n) is 2.09. The van der Waals surface area contributed by atoms with Crippen molar-refractivity contribution in [3.63, 3.8) is 0 Å². The van der Waals surface area contributed by atoms with Crippen molar-refractivity contribution >= 4 is 11.8 Å². The minimum atomic E-state index is -0.243. The van der Waals surface area contributed by atoms with Crippen LogP contribution in [0.2, 0.25) is 0 Å². The number of nitrogens with one attached hydrogen (secondary N) is 1. The average molecular weight is 262 g/mol. The third kappa shape index (κ3) is 8.91. The van der Waals surface area contributed by atoms with Crippen molar-refractivity contribution in [3.8, 4) is 0 Å². The van der Waals surface area contributed by atoms with Crippen LogP contribution in [0.1, 0.15) is 0 Å². The average Bonchev–Trinajstić information content (AvgIpc) is 2.34. The molecular weight excluding hydrogens is 240 g/mol. The largest absolute Gasteiger partial charge is 0.383 e. The molecule has 0 aromatic carbocycles. The van der Waals surface area contributed by atoms with Crippen LogP contribution in [-0.4, -0.2) is 77.5 Å². The molecule has 1 N–H and O–H groups in total. The van der Waals surface area contributed by atoms with E-state index in [1.54, 1.807) is 21.3 Å². The van der Waals surface area contributed by atoms with E-state index in [-0.39, 0.29) is 25.0 Å². The minimum Gasteiger partial charge on any atom is -0.383 e. The summed E-state index contributed by atoms with van der Waals surface area (Å²) in [5.41, 5.74) is 0. The van der Waals surface area contributed by atoms with Gasteiger partial charge in [-0.1, -0.05) is 0 Å². The van der Waals surface area contributed by atoms with E-state index in [2.05, 4.69) is 5.32 Å². The predicted molar refractivity (Wildman–Crippen MR) is 65.2 cm³/mol. The van der Waals surface area contributed by atoms with Crippen molar-refractivity contribution in [1.82, 2.24) is 10.2 Å². The van der Waals surface area contributed by atoms with Gasteiger partial charge in [-0.25, -0.2) is 0 Å². The second-order valence-electron chi connectivity index (χ2n) is 3.64. The van der Waals surface area contributed by atoms with Crippen LogP contribution in [0.15, 0.2) is 0 Å². The van der Waals surface area contributed by atoms with Gasteiger partial charge in [0.2, 0.25) is 11.8 Å². The lowest BCUT2D eigenvalue weighted by Gasteiger charge is -2.16. The summed E-state index contributed by atoms with van der Waals surface area (Å²) in [4.78, 5) is 24.2. The summed E-state index contributed by atoms with van der Waals surface area (Å²) in [5, 5.41) is 2.63. The fourth-order valence-electron chi connectivity index (χ4n) is 1.06. The number of likely N-dealkylation sites (N-methyl/N-ethyl adjacent to an activating group) is 1. The van der Waals surface area contributed by atoms with E-state index in [0.29, 0.717) is 26.4 Å². The van der Waals surface area contributed by atoms with E-state index in [4.69, 9.17) is 14.2 Å². The molecule has 0 aliphatic carbocycles. The van der Waals surface area contributed by atoms with E-state index >= 15 is 0 Å². The number of rotatable bonds is 10. The van der Waals surface area contributed by atoms with E-state index in [1.165, 1.54) is 4.90 Å². The van der Waals surface area contributed by atoms with Gasteiger partial charge in [0.15, 0.2) is 0 Å². The first kappa shape index (κ1) is 16.8. The van der Waals surface area contributed by atoms with Crippen LogP contribution in [0.3, 0.4) is 0 Å². The quantitative estimate of drug-likeness (QED) is 0.504. The van der Waals surface area contributed by atoms with Crippen LogP contribution in [0.5, 0.6) is 0 Å². The van der Waals surface area contributed by atoms with Crippen molar-refractivity contribution in [2.75, 3.05) is 60.8 Å². The lowest BCUT2D eigenvalue weighted by molar-refractivity contribution is -0.138. The van der Waals surface area contributed by atoms with Gasteiger partial charge in [-0.2, -0.15) is 0 Å². The molecule has 0 fully saturated rings. The highest BCUT2D eigenvalue weighted by molar-refractivity contribution is 5.85. The molecule has 7 nitrogen and oxygen atoms in total. The Kier molecular flexibility index (Phi) is 10.2. The summed E-state index contributed by atoms with van der Waals surface area (Å²) in [6.45, 7) is 1.64. The SMILES string of the molecule is COCCNC(=O)CN(C)C(=O)COCCOC. The van der Waals surface area contributed by atoms with Crippen molar-refractivity contribution in [3.05, 3.63) is 0 Å². The summed E-state index contributed by atoms with van der Waals surface area (Å²) in [6.07, 6.45) is 0. The number of amides is 2. The molecule has 0 atom stereocenters. The third-order valence-corrected chi connectivity index (χ3v) is 2.09. The molecule has 0 aliphatic heterocycles. The van der Waals surface area contributed by atoms with E-state index in [0.717, 1.165) is 0 Å². The molecule has 0 saturated carbocycles. The monoisotopic (exact) mass is 262 g/mol. The zero-order chi connectivity index (χ0) is 13.8. The molecule has 0 bridgehead atoms. The molecule has 18 heavy (non-hydrogen) atoms. The second-order valence-corrected chi connectivity index (χ2v) is 3.64. The van der Waals surface area contributed by atoms with Gasteiger partial charge in [0.1, 0.15) is 6.61 Å². The maximum atomic E-state index is 11.5. The minimum absolute atomic E-state index is 0.0101. The highest BCUT2D eigenvalue weighted by atomic mass is 16.5. The maximum Gasteiger partial charge on any atom is 0.248 e. The standard InChI is InChI=1S/C11H22N2O5/c1-13(8-10(14)12-4-5-16-2)11(15)9-18-7-6-17-3/h4-9H2,1-3H3,(H,12,14). The summed E-state index contributed by atoms with van der Waals surface area (Å²) < 4.78 is 14.6. The number of carbonyl (C=O) groups is 2. The first-order valence-electron chi connectivity index (χ1n) is 5.68. The van der Waals surface area contributed by atoms with Gasteiger partial charge in [0.05, 0.1) is 26.4 Å². The molecule has 7 heteroatoms. The second kappa shape index (κ2) is 10.9. The molecular formula is C11H22N2O5. The van der Waals surface area contributed by atoms with Crippen molar-refractivity contribution in [2.24, 2.45) is 0 Å². The summed E-state index contributed by atoms with van der Waals surface area (Å²) in [7, 11) is 4.67. The Morgan fingerprint density at radius 1 is 1.11 bits per heavy atom. The van der Waals surface area contributed by atoms with Gasteiger partial charge in [0.25, 0.3) is 0 Å². The van der Waals surface area contributed by atoms with Crippen LogP contribution < -0.4 is 5.32 Å². The Bertz CT molecular complexity index is 248. The highest BCUT2D eigenvalue weighted by Gasteiger charge is 2.12. The summed E-state index contributed by atoms with van der Waals surface area (Å²) in [6, 6.07) is 0. The van der Waals surface area contributed by atoms with Crippen LogP contribution in [0.25, 0.3) is 0 Å². The van der Waals surface area contributed by atoms with Crippen molar-refractivity contribution < 1.29 is 23.8 Å². The molecule has 0 heterocycles. The number of carbonyl (C=O) groups excluding carboxylic acids is 2. The molecule has 0 unspecified atom stereocenters. The predicted octanol–water partition coefficient (Wildman–Crippen LogP) is -1.13. The summed E-state index contributed by atoms with van der Waals surface area (Å²) >= 11 is 0. The molecule has 2 amide bonds. The lowest BCUT2D eigenvalue weighted by atomic mass is 10.4. The van der Waals surface area contributed by atoms with Gasteiger partial charge >= 0.3 is 0 Å².